The zero-order valence-corrected chi connectivity index (χ0v) is 10.6. The summed E-state index contributed by atoms with van der Waals surface area (Å²) in [6, 6.07) is 14.3. The molecule has 0 saturated heterocycles. The lowest BCUT2D eigenvalue weighted by Gasteiger charge is -1.93. The van der Waals surface area contributed by atoms with E-state index < -0.39 is 9.85 Å². The summed E-state index contributed by atoms with van der Waals surface area (Å²) in [5, 5.41) is 20.3. The Hall–Kier alpha value is -2.96. The van der Waals surface area contributed by atoms with E-state index in [-0.39, 0.29) is 11.4 Å². The van der Waals surface area contributed by atoms with Gasteiger partial charge in [-0.05, 0) is 18.2 Å². The zero-order chi connectivity index (χ0) is 15.0. The van der Waals surface area contributed by atoms with E-state index >= 15 is 0 Å². The van der Waals surface area contributed by atoms with Crippen LogP contribution in [-0.4, -0.2) is 17.0 Å². The van der Waals surface area contributed by atoms with Crippen LogP contribution in [0, 0.1) is 20.2 Å². The van der Waals surface area contributed by atoms with Crippen LogP contribution in [0.5, 0.6) is 5.75 Å². The second-order valence-electron chi connectivity index (χ2n) is 3.55. The average molecular weight is 276 g/mol. The van der Waals surface area contributed by atoms with Crippen LogP contribution in [0.2, 0.25) is 0 Å². The van der Waals surface area contributed by atoms with Crippen molar-refractivity contribution in [2.45, 2.75) is 0 Å². The second-order valence-corrected chi connectivity index (χ2v) is 3.55. The third kappa shape index (κ3) is 4.73. The Kier molecular flexibility index (Phi) is 5.64. The van der Waals surface area contributed by atoms with E-state index in [0.29, 0.717) is 0 Å². The standard InChI is InChI=1S/C7H8O.C6H4N2O4/c1-8-7-5-3-2-4-6-7;9-7(10)5-2-1-3-6(4-5)8(11)12/h2-6H,1H3;1-4H. The summed E-state index contributed by atoms with van der Waals surface area (Å²) in [5.41, 5.74) is -0.548. The molecule has 0 heterocycles. The van der Waals surface area contributed by atoms with Gasteiger partial charge in [0.05, 0.1) is 23.0 Å². The van der Waals surface area contributed by atoms with Gasteiger partial charge in [-0.1, -0.05) is 18.2 Å². The summed E-state index contributed by atoms with van der Waals surface area (Å²) in [6.45, 7) is 0. The molecule has 0 bridgehead atoms. The van der Waals surface area contributed by atoms with E-state index in [9.17, 15) is 20.2 Å². The minimum atomic E-state index is -0.674. The van der Waals surface area contributed by atoms with E-state index in [0.717, 1.165) is 11.8 Å². The SMILES string of the molecule is COc1ccccc1.O=[N+]([O-])c1cccc([N+](=O)[O-])c1. The first kappa shape index (κ1) is 15.1. The van der Waals surface area contributed by atoms with Crippen molar-refractivity contribution in [2.24, 2.45) is 0 Å². The van der Waals surface area contributed by atoms with Gasteiger partial charge in [-0.2, -0.15) is 0 Å². The van der Waals surface area contributed by atoms with E-state index in [1.807, 2.05) is 30.3 Å². The lowest BCUT2D eigenvalue weighted by atomic mass is 10.3. The highest BCUT2D eigenvalue weighted by atomic mass is 16.6. The Bertz CT molecular complexity index is 557. The van der Waals surface area contributed by atoms with Gasteiger partial charge in [-0.15, -0.1) is 0 Å². The third-order valence-electron chi connectivity index (χ3n) is 2.23. The first-order valence-corrected chi connectivity index (χ1v) is 5.52. The summed E-state index contributed by atoms with van der Waals surface area (Å²) in [7, 11) is 1.66. The quantitative estimate of drug-likeness (QED) is 0.633. The molecule has 0 aromatic heterocycles. The molecule has 0 aliphatic heterocycles. The largest absolute Gasteiger partial charge is 0.497 e. The van der Waals surface area contributed by atoms with Gasteiger partial charge in [0.2, 0.25) is 0 Å². The number of benzene rings is 2. The highest BCUT2D eigenvalue weighted by Crippen LogP contribution is 2.18. The molecule has 0 spiro atoms. The first-order chi connectivity index (χ1) is 9.54. The molecule has 0 amide bonds. The van der Waals surface area contributed by atoms with Crippen LogP contribution in [0.1, 0.15) is 0 Å². The van der Waals surface area contributed by atoms with Crippen LogP contribution in [0.15, 0.2) is 54.6 Å². The smallest absolute Gasteiger partial charge is 0.276 e. The zero-order valence-electron chi connectivity index (χ0n) is 10.6. The summed E-state index contributed by atoms with van der Waals surface area (Å²) in [5.74, 6) is 0.910. The molecule has 0 aliphatic carbocycles. The van der Waals surface area contributed by atoms with Crippen LogP contribution < -0.4 is 4.74 Å². The number of methoxy groups -OCH3 is 1. The molecule has 7 heteroatoms. The molecule has 0 N–H and O–H groups in total. The fourth-order valence-electron chi connectivity index (χ4n) is 1.28. The maximum atomic E-state index is 10.2. The fourth-order valence-corrected chi connectivity index (χ4v) is 1.28. The van der Waals surface area contributed by atoms with Crippen molar-refractivity contribution >= 4 is 11.4 Å². The number of para-hydroxylation sites is 1. The Morgan fingerprint density at radius 2 is 1.35 bits per heavy atom. The van der Waals surface area contributed by atoms with E-state index in [4.69, 9.17) is 4.74 Å². The van der Waals surface area contributed by atoms with Crippen LogP contribution in [0.4, 0.5) is 11.4 Å². The molecule has 0 atom stereocenters. The number of nitrogens with zero attached hydrogens (tertiary/aromatic N) is 2. The second kappa shape index (κ2) is 7.47. The van der Waals surface area contributed by atoms with Gasteiger partial charge in [0.25, 0.3) is 11.4 Å². The maximum absolute atomic E-state index is 10.2. The molecular formula is C13H12N2O5. The minimum Gasteiger partial charge on any atom is -0.497 e. The molecule has 2 aromatic rings. The number of non-ortho nitro benzene ring substituents is 2. The van der Waals surface area contributed by atoms with Gasteiger partial charge in [0.15, 0.2) is 0 Å². The van der Waals surface area contributed by atoms with Gasteiger partial charge in [0, 0.05) is 12.1 Å². The summed E-state index contributed by atoms with van der Waals surface area (Å²) >= 11 is 0. The maximum Gasteiger partial charge on any atom is 0.276 e. The average Bonchev–Trinajstić information content (AvgIpc) is 2.49. The van der Waals surface area contributed by atoms with Crippen LogP contribution in [0.25, 0.3) is 0 Å². The van der Waals surface area contributed by atoms with Crippen molar-refractivity contribution in [2.75, 3.05) is 7.11 Å². The molecule has 104 valence electrons. The lowest BCUT2D eigenvalue weighted by Crippen LogP contribution is -1.91. The number of ether oxygens (including phenoxy) is 1. The molecule has 0 unspecified atom stereocenters. The predicted molar refractivity (Wildman–Crippen MR) is 72.7 cm³/mol. The van der Waals surface area contributed by atoms with Gasteiger partial charge in [-0.25, -0.2) is 0 Å². The number of hydrogen-bond acceptors (Lipinski definition) is 5. The Labute approximate surface area is 114 Å². The monoisotopic (exact) mass is 276 g/mol. The topological polar surface area (TPSA) is 95.5 Å². The van der Waals surface area contributed by atoms with Gasteiger partial charge in [-0.3, -0.25) is 20.2 Å². The molecule has 0 aliphatic rings. The summed E-state index contributed by atoms with van der Waals surface area (Å²) in [6.07, 6.45) is 0. The number of rotatable bonds is 3. The van der Waals surface area contributed by atoms with E-state index in [2.05, 4.69) is 0 Å². The van der Waals surface area contributed by atoms with Crippen molar-refractivity contribution in [3.8, 4) is 5.75 Å². The molecule has 7 nitrogen and oxygen atoms in total. The summed E-state index contributed by atoms with van der Waals surface area (Å²) < 4.78 is 4.91. The van der Waals surface area contributed by atoms with Crippen LogP contribution in [0.3, 0.4) is 0 Å². The molecule has 0 saturated carbocycles. The summed E-state index contributed by atoms with van der Waals surface area (Å²) in [4.78, 5) is 19.0. The molecular weight excluding hydrogens is 264 g/mol. The predicted octanol–water partition coefficient (Wildman–Crippen LogP) is 3.20. The van der Waals surface area contributed by atoms with Gasteiger partial charge < -0.3 is 4.74 Å². The van der Waals surface area contributed by atoms with Crippen LogP contribution in [-0.2, 0) is 0 Å². The first-order valence-electron chi connectivity index (χ1n) is 5.52. The van der Waals surface area contributed by atoms with Gasteiger partial charge >= 0.3 is 0 Å². The highest BCUT2D eigenvalue weighted by Gasteiger charge is 2.11. The van der Waals surface area contributed by atoms with Crippen molar-refractivity contribution in [3.05, 3.63) is 74.8 Å². The fraction of sp³-hybridized carbons (Fsp3) is 0.0769. The van der Waals surface area contributed by atoms with Crippen molar-refractivity contribution < 1.29 is 14.6 Å². The van der Waals surface area contributed by atoms with E-state index in [1.165, 1.54) is 18.2 Å². The number of hydrogen-bond donors (Lipinski definition) is 0. The number of nitro groups is 2. The van der Waals surface area contributed by atoms with Crippen LogP contribution >= 0.6 is 0 Å². The van der Waals surface area contributed by atoms with E-state index in [1.54, 1.807) is 7.11 Å². The normalized spacial score (nSPS) is 9.05. The molecule has 2 rings (SSSR count). The Morgan fingerprint density at radius 3 is 1.70 bits per heavy atom. The molecule has 20 heavy (non-hydrogen) atoms. The van der Waals surface area contributed by atoms with Crippen molar-refractivity contribution in [3.63, 3.8) is 0 Å². The van der Waals surface area contributed by atoms with Crippen molar-refractivity contribution in [1.29, 1.82) is 0 Å². The highest BCUT2D eigenvalue weighted by molar-refractivity contribution is 5.42. The van der Waals surface area contributed by atoms with Gasteiger partial charge in [0.1, 0.15) is 5.75 Å². The third-order valence-corrected chi connectivity index (χ3v) is 2.23. The number of nitro benzene ring substituents is 2. The lowest BCUT2D eigenvalue weighted by molar-refractivity contribution is -0.394. The molecule has 2 aromatic carbocycles. The van der Waals surface area contributed by atoms with Crippen molar-refractivity contribution in [1.82, 2.24) is 0 Å². The molecule has 0 radical (unpaired) electrons. The Morgan fingerprint density at radius 1 is 0.850 bits per heavy atom. The molecule has 0 fully saturated rings. The Balaban J connectivity index is 0.000000217. The minimum absolute atomic E-state index is 0.274.